The number of aliphatic carboxylic acids is 1. The molecule has 1 rings (SSSR count). The molecule has 0 heterocycles. The molecule has 0 spiro atoms. The van der Waals surface area contributed by atoms with E-state index in [-0.39, 0.29) is 4.47 Å². The van der Waals surface area contributed by atoms with E-state index in [9.17, 15) is 22.0 Å². The summed E-state index contributed by atoms with van der Waals surface area (Å²) < 4.78 is 49.2. The van der Waals surface area contributed by atoms with E-state index in [0.29, 0.717) is 0 Å². The van der Waals surface area contributed by atoms with Gasteiger partial charge in [-0.3, -0.25) is 4.79 Å². The zero-order valence-corrected chi connectivity index (χ0v) is 10.7. The number of carboxylic acids is 1. The average molecular weight is 329 g/mol. The number of carbonyl (C=O) groups is 1. The third-order valence-corrected chi connectivity index (χ3v) is 3.87. The minimum atomic E-state index is -4.10. The van der Waals surface area contributed by atoms with E-state index in [4.69, 9.17) is 5.11 Å². The maximum Gasteiger partial charge on any atom is 0.318 e. The lowest BCUT2D eigenvalue weighted by molar-refractivity contribution is -0.134. The molecule has 0 aliphatic rings. The second-order valence-corrected chi connectivity index (χ2v) is 6.17. The third-order valence-electron chi connectivity index (χ3n) is 1.85. The largest absolute Gasteiger partial charge is 0.480 e. The Kier molecular flexibility index (Phi) is 4.21. The van der Waals surface area contributed by atoms with Gasteiger partial charge in [-0.25, -0.2) is 17.2 Å². The van der Waals surface area contributed by atoms with Crippen LogP contribution >= 0.6 is 15.9 Å². The van der Waals surface area contributed by atoms with Gasteiger partial charge in [0, 0.05) is 5.56 Å². The Morgan fingerprint density at radius 3 is 2.47 bits per heavy atom. The molecule has 0 aliphatic carbocycles. The highest BCUT2D eigenvalue weighted by Crippen LogP contribution is 2.23. The first-order valence-corrected chi connectivity index (χ1v) is 6.89. The van der Waals surface area contributed by atoms with Crippen LogP contribution in [0.5, 0.6) is 0 Å². The Morgan fingerprint density at radius 2 is 1.94 bits per heavy atom. The highest BCUT2D eigenvalue weighted by molar-refractivity contribution is 9.10. The Morgan fingerprint density at radius 1 is 1.35 bits per heavy atom. The zero-order chi connectivity index (χ0) is 13.2. The second kappa shape index (κ2) is 5.09. The summed E-state index contributed by atoms with van der Waals surface area (Å²) in [5.41, 5.74) is -0.666. The smallest absolute Gasteiger partial charge is 0.318 e. The quantitative estimate of drug-likeness (QED) is 0.854. The lowest BCUT2D eigenvalue weighted by Gasteiger charge is -2.06. The van der Waals surface area contributed by atoms with Crippen molar-refractivity contribution >= 4 is 31.7 Å². The van der Waals surface area contributed by atoms with Gasteiger partial charge in [-0.15, -0.1) is 0 Å². The molecule has 1 N–H and O–H groups in total. The molecule has 8 heteroatoms. The van der Waals surface area contributed by atoms with Gasteiger partial charge in [0.25, 0.3) is 0 Å². The summed E-state index contributed by atoms with van der Waals surface area (Å²) in [5, 5.41) is 8.34. The van der Waals surface area contributed by atoms with Crippen molar-refractivity contribution < 1.29 is 27.1 Å². The Bertz CT molecular complexity index is 556. The van der Waals surface area contributed by atoms with Crippen LogP contribution < -0.4 is 0 Å². The molecule has 0 aliphatic heterocycles. The zero-order valence-electron chi connectivity index (χ0n) is 8.28. The number of hydrogen-bond acceptors (Lipinski definition) is 3. The fourth-order valence-corrected chi connectivity index (χ4v) is 2.71. The van der Waals surface area contributed by atoms with Crippen LogP contribution in [0.1, 0.15) is 5.56 Å². The molecular weight excluding hydrogens is 322 g/mol. The van der Waals surface area contributed by atoms with Crippen LogP contribution in [0, 0.1) is 11.6 Å². The fraction of sp³-hybridized carbons (Fsp3) is 0.222. The van der Waals surface area contributed by atoms with Crippen molar-refractivity contribution in [1.29, 1.82) is 0 Å². The highest BCUT2D eigenvalue weighted by Gasteiger charge is 2.22. The van der Waals surface area contributed by atoms with Crippen molar-refractivity contribution in [3.05, 3.63) is 33.8 Å². The van der Waals surface area contributed by atoms with Crippen LogP contribution in [0.2, 0.25) is 0 Å². The normalized spacial score (nSPS) is 11.5. The molecule has 0 aromatic heterocycles. The fourth-order valence-electron chi connectivity index (χ4n) is 1.16. The number of sulfone groups is 1. The molecule has 94 valence electrons. The molecule has 4 nitrogen and oxygen atoms in total. The van der Waals surface area contributed by atoms with Gasteiger partial charge in [-0.05, 0) is 28.1 Å². The lowest BCUT2D eigenvalue weighted by atomic mass is 10.2. The van der Waals surface area contributed by atoms with E-state index < -0.39 is 44.5 Å². The van der Waals surface area contributed by atoms with Gasteiger partial charge >= 0.3 is 5.97 Å². The van der Waals surface area contributed by atoms with Crippen molar-refractivity contribution in [2.75, 3.05) is 5.75 Å². The van der Waals surface area contributed by atoms with E-state index in [1.807, 2.05) is 0 Å². The van der Waals surface area contributed by atoms with Crippen LogP contribution in [0.3, 0.4) is 0 Å². The first-order valence-electron chi connectivity index (χ1n) is 4.27. The number of rotatable bonds is 4. The predicted molar refractivity (Wildman–Crippen MR) is 59.2 cm³/mol. The summed E-state index contributed by atoms with van der Waals surface area (Å²) in [5.74, 6) is -5.80. The minimum absolute atomic E-state index is 0.0839. The average Bonchev–Trinajstić information content (AvgIpc) is 2.17. The Balaban J connectivity index is 3.12. The van der Waals surface area contributed by atoms with E-state index in [0.717, 1.165) is 12.1 Å². The third kappa shape index (κ3) is 3.74. The minimum Gasteiger partial charge on any atom is -0.480 e. The monoisotopic (exact) mass is 328 g/mol. The molecular formula is C9H7BrF2O4S. The molecule has 1 aromatic carbocycles. The maximum atomic E-state index is 13.4. The second-order valence-electron chi connectivity index (χ2n) is 3.25. The van der Waals surface area contributed by atoms with Crippen LogP contribution in [-0.2, 0) is 20.4 Å². The molecule has 0 amide bonds. The van der Waals surface area contributed by atoms with Gasteiger partial charge in [-0.1, -0.05) is 0 Å². The van der Waals surface area contributed by atoms with Gasteiger partial charge in [0.1, 0.15) is 17.4 Å². The van der Waals surface area contributed by atoms with E-state index in [1.165, 1.54) is 0 Å². The number of benzene rings is 1. The van der Waals surface area contributed by atoms with Crippen molar-refractivity contribution in [2.24, 2.45) is 0 Å². The van der Waals surface area contributed by atoms with Crippen LogP contribution in [0.15, 0.2) is 16.6 Å². The van der Waals surface area contributed by atoms with Gasteiger partial charge in [0.2, 0.25) is 0 Å². The van der Waals surface area contributed by atoms with Gasteiger partial charge < -0.3 is 5.11 Å². The number of hydrogen-bond donors (Lipinski definition) is 1. The molecule has 0 unspecified atom stereocenters. The molecule has 1 aromatic rings. The molecule has 0 atom stereocenters. The predicted octanol–water partition coefficient (Wildman–Crippen LogP) is 1.73. The highest BCUT2D eigenvalue weighted by atomic mass is 79.9. The van der Waals surface area contributed by atoms with Crippen LogP contribution in [-0.4, -0.2) is 25.2 Å². The SMILES string of the molecule is O=C(O)CS(=O)(=O)Cc1c(F)ccc(Br)c1F. The van der Waals surface area contributed by atoms with Crippen molar-refractivity contribution in [2.45, 2.75) is 5.75 Å². The summed E-state index contributed by atoms with van der Waals surface area (Å²) in [6.07, 6.45) is 0. The van der Waals surface area contributed by atoms with Crippen molar-refractivity contribution in [3.8, 4) is 0 Å². The van der Waals surface area contributed by atoms with Crippen LogP contribution in [0.4, 0.5) is 8.78 Å². The summed E-state index contributed by atoms with van der Waals surface area (Å²) in [6.45, 7) is 0. The lowest BCUT2D eigenvalue weighted by Crippen LogP contribution is -2.18. The maximum absolute atomic E-state index is 13.4. The summed E-state index contributed by atoms with van der Waals surface area (Å²) in [6, 6.07) is 2.00. The van der Waals surface area contributed by atoms with Gasteiger partial charge in [0.05, 0.1) is 10.2 Å². The first-order chi connectivity index (χ1) is 7.73. The molecule has 0 fully saturated rings. The first kappa shape index (κ1) is 14.0. The van der Waals surface area contributed by atoms with E-state index >= 15 is 0 Å². The molecule has 0 radical (unpaired) electrons. The Labute approximate surface area is 104 Å². The standard InChI is InChI=1S/C9H7BrF2O4S/c10-6-1-2-7(11)5(9(6)12)3-17(15,16)4-8(13)14/h1-2H,3-4H2,(H,13,14). The molecule has 17 heavy (non-hydrogen) atoms. The van der Waals surface area contributed by atoms with E-state index in [2.05, 4.69) is 15.9 Å². The van der Waals surface area contributed by atoms with Gasteiger partial charge in [-0.2, -0.15) is 0 Å². The van der Waals surface area contributed by atoms with Crippen molar-refractivity contribution in [3.63, 3.8) is 0 Å². The van der Waals surface area contributed by atoms with Crippen molar-refractivity contribution in [1.82, 2.24) is 0 Å². The summed E-state index contributed by atoms with van der Waals surface area (Å²) in [7, 11) is -4.10. The summed E-state index contributed by atoms with van der Waals surface area (Å²) >= 11 is 2.79. The topological polar surface area (TPSA) is 71.4 Å². The Hall–Kier alpha value is -1.02. The van der Waals surface area contributed by atoms with Crippen LogP contribution in [0.25, 0.3) is 0 Å². The van der Waals surface area contributed by atoms with E-state index in [1.54, 1.807) is 0 Å². The number of halogens is 3. The molecule has 0 saturated carbocycles. The van der Waals surface area contributed by atoms with Gasteiger partial charge in [0.15, 0.2) is 9.84 Å². The molecule has 0 saturated heterocycles. The molecule has 0 bridgehead atoms. The summed E-state index contributed by atoms with van der Waals surface area (Å²) in [4.78, 5) is 10.3. The number of carboxylic acid groups (broad SMARTS) is 1.